The Bertz CT molecular complexity index is 421. The summed E-state index contributed by atoms with van der Waals surface area (Å²) in [4.78, 5) is 13.4. The van der Waals surface area contributed by atoms with Crippen LogP contribution in [0.5, 0.6) is 0 Å². The van der Waals surface area contributed by atoms with Gasteiger partial charge in [-0.25, -0.2) is 13.6 Å². The SMILES string of the molecule is CCCCCN(CCO)C(=O)Nc1cc(F)cc(F)c1. The average molecular weight is 286 g/mol. The molecule has 0 bridgehead atoms. The van der Waals surface area contributed by atoms with E-state index in [1.807, 2.05) is 6.92 Å². The van der Waals surface area contributed by atoms with E-state index in [2.05, 4.69) is 5.32 Å². The molecule has 4 nitrogen and oxygen atoms in total. The van der Waals surface area contributed by atoms with Crippen molar-refractivity contribution in [1.29, 1.82) is 0 Å². The zero-order valence-corrected chi connectivity index (χ0v) is 11.5. The summed E-state index contributed by atoms with van der Waals surface area (Å²) in [7, 11) is 0. The van der Waals surface area contributed by atoms with E-state index >= 15 is 0 Å². The van der Waals surface area contributed by atoms with Crippen LogP contribution in [-0.4, -0.2) is 35.7 Å². The van der Waals surface area contributed by atoms with Crippen molar-refractivity contribution in [2.24, 2.45) is 0 Å². The summed E-state index contributed by atoms with van der Waals surface area (Å²) in [6.07, 6.45) is 2.81. The summed E-state index contributed by atoms with van der Waals surface area (Å²) < 4.78 is 26.1. The highest BCUT2D eigenvalue weighted by atomic mass is 19.1. The first-order valence-corrected chi connectivity index (χ1v) is 6.69. The Morgan fingerprint density at radius 1 is 1.20 bits per heavy atom. The molecular formula is C14H20F2N2O2. The van der Waals surface area contributed by atoms with E-state index in [9.17, 15) is 13.6 Å². The van der Waals surface area contributed by atoms with Gasteiger partial charge in [0.25, 0.3) is 0 Å². The minimum atomic E-state index is -0.750. The van der Waals surface area contributed by atoms with Gasteiger partial charge in [0.2, 0.25) is 0 Å². The van der Waals surface area contributed by atoms with Crippen LogP contribution >= 0.6 is 0 Å². The molecule has 2 N–H and O–H groups in total. The van der Waals surface area contributed by atoms with Crippen LogP contribution in [0.1, 0.15) is 26.2 Å². The number of rotatable bonds is 7. The number of anilines is 1. The minimum absolute atomic E-state index is 0.0610. The van der Waals surface area contributed by atoms with Gasteiger partial charge in [-0.05, 0) is 18.6 Å². The number of unbranched alkanes of at least 4 members (excludes halogenated alkanes) is 2. The lowest BCUT2D eigenvalue weighted by atomic mass is 10.2. The smallest absolute Gasteiger partial charge is 0.321 e. The second-order valence-corrected chi connectivity index (χ2v) is 4.51. The molecule has 0 aliphatic heterocycles. The molecule has 0 unspecified atom stereocenters. The number of urea groups is 1. The van der Waals surface area contributed by atoms with Gasteiger partial charge in [-0.15, -0.1) is 0 Å². The Labute approximate surface area is 117 Å². The predicted molar refractivity (Wildman–Crippen MR) is 73.6 cm³/mol. The lowest BCUT2D eigenvalue weighted by Gasteiger charge is -2.22. The maximum atomic E-state index is 13.0. The molecule has 0 saturated carbocycles. The van der Waals surface area contributed by atoms with E-state index in [1.54, 1.807) is 0 Å². The zero-order chi connectivity index (χ0) is 15.0. The fourth-order valence-electron chi connectivity index (χ4n) is 1.82. The normalized spacial score (nSPS) is 10.4. The Hall–Kier alpha value is -1.69. The highest BCUT2D eigenvalue weighted by molar-refractivity contribution is 5.89. The molecule has 0 aliphatic carbocycles. The van der Waals surface area contributed by atoms with Crippen molar-refractivity contribution in [3.05, 3.63) is 29.8 Å². The van der Waals surface area contributed by atoms with E-state index < -0.39 is 17.7 Å². The number of carbonyl (C=O) groups excluding carboxylic acids is 1. The quantitative estimate of drug-likeness (QED) is 0.757. The van der Waals surface area contributed by atoms with Crippen LogP contribution in [0.15, 0.2) is 18.2 Å². The van der Waals surface area contributed by atoms with Crippen LogP contribution in [-0.2, 0) is 0 Å². The third-order valence-electron chi connectivity index (χ3n) is 2.80. The Morgan fingerprint density at radius 3 is 2.40 bits per heavy atom. The molecule has 1 aromatic rings. The Balaban J connectivity index is 2.64. The van der Waals surface area contributed by atoms with Crippen molar-refractivity contribution in [3.8, 4) is 0 Å². The number of amides is 2. The molecular weight excluding hydrogens is 266 g/mol. The maximum absolute atomic E-state index is 13.0. The van der Waals surface area contributed by atoms with E-state index in [0.29, 0.717) is 6.54 Å². The van der Waals surface area contributed by atoms with Crippen molar-refractivity contribution >= 4 is 11.7 Å². The predicted octanol–water partition coefficient (Wildman–Crippen LogP) is 2.98. The van der Waals surface area contributed by atoms with E-state index in [4.69, 9.17) is 5.11 Å². The van der Waals surface area contributed by atoms with E-state index in [0.717, 1.165) is 37.5 Å². The van der Waals surface area contributed by atoms with Crippen LogP contribution in [0.25, 0.3) is 0 Å². The summed E-state index contributed by atoms with van der Waals surface area (Å²) in [5.41, 5.74) is 0.0610. The molecule has 0 heterocycles. The first-order valence-electron chi connectivity index (χ1n) is 6.69. The van der Waals surface area contributed by atoms with Crippen LogP contribution < -0.4 is 5.32 Å². The Kier molecular flexibility index (Phi) is 6.93. The van der Waals surface area contributed by atoms with Gasteiger partial charge in [0.15, 0.2) is 0 Å². The number of nitrogens with one attached hydrogen (secondary N) is 1. The molecule has 6 heteroatoms. The number of aliphatic hydroxyl groups excluding tert-OH is 1. The third-order valence-corrected chi connectivity index (χ3v) is 2.80. The molecule has 112 valence electrons. The number of hydrogen-bond donors (Lipinski definition) is 2. The van der Waals surface area contributed by atoms with Gasteiger partial charge < -0.3 is 15.3 Å². The van der Waals surface area contributed by atoms with Gasteiger partial charge in [-0.2, -0.15) is 0 Å². The van der Waals surface area contributed by atoms with Crippen LogP contribution in [0.2, 0.25) is 0 Å². The molecule has 1 rings (SSSR count). The summed E-state index contributed by atoms with van der Waals surface area (Å²) >= 11 is 0. The van der Waals surface area contributed by atoms with Gasteiger partial charge in [-0.1, -0.05) is 19.8 Å². The van der Waals surface area contributed by atoms with Gasteiger partial charge in [0, 0.05) is 24.8 Å². The first-order chi connectivity index (χ1) is 9.56. The van der Waals surface area contributed by atoms with Gasteiger partial charge in [0.1, 0.15) is 11.6 Å². The second kappa shape index (κ2) is 8.47. The molecule has 1 aromatic carbocycles. The minimum Gasteiger partial charge on any atom is -0.395 e. The fraction of sp³-hybridized carbons (Fsp3) is 0.500. The maximum Gasteiger partial charge on any atom is 0.321 e. The molecule has 0 fully saturated rings. The molecule has 0 saturated heterocycles. The van der Waals surface area contributed by atoms with E-state index in [1.165, 1.54) is 4.90 Å². The number of hydrogen-bond acceptors (Lipinski definition) is 2. The largest absolute Gasteiger partial charge is 0.395 e. The van der Waals surface area contributed by atoms with Crippen molar-refractivity contribution in [1.82, 2.24) is 4.90 Å². The lowest BCUT2D eigenvalue weighted by Crippen LogP contribution is -2.37. The van der Waals surface area contributed by atoms with Gasteiger partial charge in [0.05, 0.1) is 6.61 Å². The molecule has 0 radical (unpaired) electrons. The molecule has 2 amide bonds. The fourth-order valence-corrected chi connectivity index (χ4v) is 1.82. The first kappa shape index (κ1) is 16.4. The molecule has 0 aliphatic rings. The summed E-state index contributed by atoms with van der Waals surface area (Å²) in [6.45, 7) is 2.58. The van der Waals surface area contributed by atoms with E-state index in [-0.39, 0.29) is 18.8 Å². The monoisotopic (exact) mass is 286 g/mol. The van der Waals surface area contributed by atoms with Crippen molar-refractivity contribution in [2.45, 2.75) is 26.2 Å². The average Bonchev–Trinajstić information content (AvgIpc) is 2.36. The molecule has 0 aromatic heterocycles. The van der Waals surface area contributed by atoms with Crippen molar-refractivity contribution in [2.75, 3.05) is 25.0 Å². The number of carbonyl (C=O) groups is 1. The van der Waals surface area contributed by atoms with Crippen LogP contribution in [0.3, 0.4) is 0 Å². The summed E-state index contributed by atoms with van der Waals surface area (Å²) in [5, 5.41) is 11.4. The second-order valence-electron chi connectivity index (χ2n) is 4.51. The molecule has 0 spiro atoms. The number of benzene rings is 1. The molecule has 0 atom stereocenters. The summed E-state index contributed by atoms with van der Waals surface area (Å²) in [5.74, 6) is -1.50. The van der Waals surface area contributed by atoms with Gasteiger partial charge in [-0.3, -0.25) is 0 Å². The van der Waals surface area contributed by atoms with Crippen LogP contribution in [0, 0.1) is 11.6 Å². The van der Waals surface area contributed by atoms with Crippen LogP contribution in [0.4, 0.5) is 19.3 Å². The van der Waals surface area contributed by atoms with Crippen molar-refractivity contribution in [3.63, 3.8) is 0 Å². The highest BCUT2D eigenvalue weighted by Crippen LogP contribution is 2.13. The molecule has 20 heavy (non-hydrogen) atoms. The van der Waals surface area contributed by atoms with Gasteiger partial charge >= 0.3 is 6.03 Å². The summed E-state index contributed by atoms with van der Waals surface area (Å²) in [6, 6.07) is 2.36. The Morgan fingerprint density at radius 2 is 1.85 bits per heavy atom. The number of aliphatic hydroxyl groups is 1. The standard InChI is InChI=1S/C14H20F2N2O2/c1-2-3-4-5-18(6-7-19)14(20)17-13-9-11(15)8-12(16)10-13/h8-10,19H,2-7H2,1H3,(H,17,20). The topological polar surface area (TPSA) is 52.6 Å². The third kappa shape index (κ3) is 5.52. The zero-order valence-electron chi connectivity index (χ0n) is 11.5. The lowest BCUT2D eigenvalue weighted by molar-refractivity contribution is 0.187. The number of halogens is 2. The van der Waals surface area contributed by atoms with Crippen molar-refractivity contribution < 1.29 is 18.7 Å². The highest BCUT2D eigenvalue weighted by Gasteiger charge is 2.13. The number of nitrogens with zero attached hydrogens (tertiary/aromatic N) is 1.